The lowest BCUT2D eigenvalue weighted by Gasteiger charge is -2.35. The average molecular weight is 586 g/mol. The number of nitrogens with zero attached hydrogens (tertiary/aromatic N) is 7. The Labute approximate surface area is 241 Å². The number of hydrogen-bond acceptors (Lipinski definition) is 7. The van der Waals surface area contributed by atoms with Gasteiger partial charge in [-0.15, -0.1) is 0 Å². The van der Waals surface area contributed by atoms with Gasteiger partial charge < -0.3 is 4.90 Å². The number of piperidine rings is 1. The van der Waals surface area contributed by atoms with Crippen molar-refractivity contribution in [1.82, 2.24) is 24.8 Å². The van der Waals surface area contributed by atoms with Crippen LogP contribution >= 0.6 is 0 Å². The molecule has 0 saturated carbocycles. The number of alkyl halides is 3. The zero-order valence-electron chi connectivity index (χ0n) is 23.7. The number of allylic oxidation sites excluding steroid dienone is 1. The Balaban J connectivity index is 1.53. The van der Waals surface area contributed by atoms with Crippen LogP contribution in [0, 0.1) is 18.6 Å². The number of likely N-dealkylation sites (tertiary alicyclic amines) is 1. The van der Waals surface area contributed by atoms with Crippen LogP contribution in [0.25, 0.3) is 0 Å². The third kappa shape index (κ3) is 7.40. The fraction of sp³-hybridized carbons (Fsp3) is 0.400. The largest absolute Gasteiger partial charge is 0.451 e. The third-order valence-electron chi connectivity index (χ3n) is 7.11. The van der Waals surface area contributed by atoms with Crippen molar-refractivity contribution >= 4 is 11.4 Å². The van der Waals surface area contributed by atoms with Crippen LogP contribution in [0.5, 0.6) is 0 Å². The normalized spacial score (nSPS) is 15.3. The molecular weight excluding hydrogens is 553 g/mol. The van der Waals surface area contributed by atoms with E-state index >= 15 is 0 Å². The second kappa shape index (κ2) is 13.3. The summed E-state index contributed by atoms with van der Waals surface area (Å²) in [7, 11) is 0. The van der Waals surface area contributed by atoms with E-state index in [0.717, 1.165) is 24.7 Å². The highest BCUT2D eigenvalue weighted by Crippen LogP contribution is 2.32. The van der Waals surface area contributed by atoms with Crippen molar-refractivity contribution in [2.75, 3.05) is 13.1 Å². The molecule has 1 saturated heterocycles. The van der Waals surface area contributed by atoms with Crippen molar-refractivity contribution < 1.29 is 22.0 Å². The van der Waals surface area contributed by atoms with Gasteiger partial charge in [0.25, 0.3) is 0 Å². The second-order valence-electron chi connectivity index (χ2n) is 10.2. The van der Waals surface area contributed by atoms with E-state index in [1.807, 2.05) is 11.8 Å². The number of rotatable bonds is 9. The summed E-state index contributed by atoms with van der Waals surface area (Å²) in [6.07, 6.45) is 0.615. The van der Waals surface area contributed by atoms with Gasteiger partial charge in [-0.05, 0) is 51.3 Å². The van der Waals surface area contributed by atoms with Gasteiger partial charge in [-0.1, -0.05) is 26.0 Å². The molecule has 1 aliphatic heterocycles. The van der Waals surface area contributed by atoms with Crippen molar-refractivity contribution in [3.8, 4) is 0 Å². The summed E-state index contributed by atoms with van der Waals surface area (Å²) in [5.41, 5.74) is 3.06. The summed E-state index contributed by atoms with van der Waals surface area (Å²) in [5, 5.41) is 8.65. The molecule has 0 bridgehead atoms. The number of hydrogen-bond donors (Lipinski definition) is 0. The average Bonchev–Trinajstić information content (AvgIpc) is 2.96. The van der Waals surface area contributed by atoms with Gasteiger partial charge in [0.2, 0.25) is 5.82 Å². The van der Waals surface area contributed by atoms with Gasteiger partial charge in [0.05, 0.1) is 22.8 Å². The molecular formula is C30H32F5N7. The van der Waals surface area contributed by atoms with Gasteiger partial charge in [-0.2, -0.15) is 23.4 Å². The molecule has 0 atom stereocenters. The molecule has 0 amide bonds. The van der Waals surface area contributed by atoms with Crippen molar-refractivity contribution in [2.24, 2.45) is 10.2 Å². The maximum atomic E-state index is 14.2. The first-order chi connectivity index (χ1) is 20.0. The van der Waals surface area contributed by atoms with E-state index in [9.17, 15) is 22.0 Å². The Morgan fingerprint density at radius 2 is 1.74 bits per heavy atom. The Morgan fingerprint density at radius 3 is 2.38 bits per heavy atom. The molecule has 4 rings (SSSR count). The number of aryl methyl sites for hydroxylation is 1. The molecule has 0 N–H and O–H groups in total. The quantitative estimate of drug-likeness (QED) is 0.156. The van der Waals surface area contributed by atoms with E-state index in [4.69, 9.17) is 4.98 Å². The summed E-state index contributed by atoms with van der Waals surface area (Å²) >= 11 is 0. The lowest BCUT2D eigenvalue weighted by atomic mass is 9.89. The summed E-state index contributed by atoms with van der Waals surface area (Å²) in [6, 6.07) is 5.20. The molecule has 1 fully saturated rings. The Hall–Kier alpha value is -4.09. The first-order valence-corrected chi connectivity index (χ1v) is 13.7. The van der Waals surface area contributed by atoms with Crippen LogP contribution in [0.3, 0.4) is 0 Å². The predicted molar refractivity (Wildman–Crippen MR) is 150 cm³/mol. The third-order valence-corrected chi connectivity index (χ3v) is 7.11. The summed E-state index contributed by atoms with van der Waals surface area (Å²) < 4.78 is 67.8. The SMILES string of the molecule is C=C(Cc1c(F)cccc1F)N1CCC(c2nc(C)ncc2/C(C)=N/N=C(\CCC)c2ccnc(C(F)(F)F)n2)CC1. The number of halogens is 5. The molecule has 1 aliphatic rings. The fourth-order valence-electron chi connectivity index (χ4n) is 4.88. The molecule has 0 unspecified atom stereocenters. The summed E-state index contributed by atoms with van der Waals surface area (Å²) in [5.74, 6) is -1.75. The predicted octanol–water partition coefficient (Wildman–Crippen LogP) is 6.82. The minimum atomic E-state index is -4.67. The van der Waals surface area contributed by atoms with Gasteiger partial charge in [-0.25, -0.2) is 28.7 Å². The van der Waals surface area contributed by atoms with Gasteiger partial charge in [0, 0.05) is 54.6 Å². The van der Waals surface area contributed by atoms with Crippen LogP contribution in [0.2, 0.25) is 0 Å². The van der Waals surface area contributed by atoms with Gasteiger partial charge in [-0.3, -0.25) is 0 Å². The van der Waals surface area contributed by atoms with E-state index in [1.54, 1.807) is 20.0 Å². The Bertz CT molecular complexity index is 1470. The highest BCUT2D eigenvalue weighted by molar-refractivity contribution is 6.02. The molecule has 7 nitrogen and oxygen atoms in total. The maximum Gasteiger partial charge on any atom is 0.451 e. The highest BCUT2D eigenvalue weighted by atomic mass is 19.4. The number of benzene rings is 1. The van der Waals surface area contributed by atoms with Crippen LogP contribution < -0.4 is 0 Å². The minimum absolute atomic E-state index is 0.00441. The molecule has 3 heterocycles. The second-order valence-corrected chi connectivity index (χ2v) is 10.2. The molecule has 42 heavy (non-hydrogen) atoms. The molecule has 3 aromatic rings. The highest BCUT2D eigenvalue weighted by Gasteiger charge is 2.35. The van der Waals surface area contributed by atoms with E-state index in [2.05, 4.69) is 31.7 Å². The van der Waals surface area contributed by atoms with Gasteiger partial charge >= 0.3 is 6.18 Å². The summed E-state index contributed by atoms with van der Waals surface area (Å²) in [6.45, 7) is 10.8. The molecule has 1 aromatic carbocycles. The van der Waals surface area contributed by atoms with Crippen molar-refractivity contribution in [2.45, 2.75) is 65.0 Å². The maximum absolute atomic E-state index is 14.2. The van der Waals surface area contributed by atoms with Crippen LogP contribution in [0.15, 0.2) is 59.1 Å². The van der Waals surface area contributed by atoms with Crippen LogP contribution in [-0.4, -0.2) is 49.3 Å². The molecule has 12 heteroatoms. The lowest BCUT2D eigenvalue weighted by molar-refractivity contribution is -0.145. The van der Waals surface area contributed by atoms with Crippen LogP contribution in [0.4, 0.5) is 22.0 Å². The number of aromatic nitrogens is 4. The van der Waals surface area contributed by atoms with E-state index in [0.29, 0.717) is 54.4 Å². The van der Waals surface area contributed by atoms with Crippen molar-refractivity contribution in [1.29, 1.82) is 0 Å². The van der Waals surface area contributed by atoms with Crippen LogP contribution in [-0.2, 0) is 12.6 Å². The molecule has 0 spiro atoms. The minimum Gasteiger partial charge on any atom is -0.375 e. The standard InChI is InChI=1S/C30H32F5N7/c1-5-7-27(26-10-13-36-29(39-26)30(33,34)35)41-40-19(3)23-17-37-20(4)38-28(23)21-11-14-42(15-12-21)18(2)16-22-24(31)8-6-9-25(22)32/h6,8-10,13,17,21H,2,5,7,11-12,14-16H2,1,3-4H3/b40-19+,41-27+. The van der Waals surface area contributed by atoms with Gasteiger partial charge in [0.15, 0.2) is 0 Å². The zero-order valence-corrected chi connectivity index (χ0v) is 23.7. The van der Waals surface area contributed by atoms with Crippen molar-refractivity contribution in [3.05, 3.63) is 94.7 Å². The van der Waals surface area contributed by atoms with Gasteiger partial charge in [0.1, 0.15) is 17.5 Å². The molecule has 0 aliphatic carbocycles. The molecule has 2 aromatic heterocycles. The van der Waals surface area contributed by atoms with Crippen LogP contribution in [0.1, 0.15) is 79.6 Å². The molecule has 222 valence electrons. The first kappa shape index (κ1) is 30.9. The van der Waals surface area contributed by atoms with E-state index in [-0.39, 0.29) is 23.6 Å². The fourth-order valence-corrected chi connectivity index (χ4v) is 4.88. The topological polar surface area (TPSA) is 79.5 Å². The first-order valence-electron chi connectivity index (χ1n) is 13.7. The van der Waals surface area contributed by atoms with E-state index in [1.165, 1.54) is 24.3 Å². The smallest absolute Gasteiger partial charge is 0.375 e. The van der Waals surface area contributed by atoms with E-state index < -0.39 is 23.6 Å². The summed E-state index contributed by atoms with van der Waals surface area (Å²) in [4.78, 5) is 18.1. The monoisotopic (exact) mass is 585 g/mol. The Morgan fingerprint density at radius 1 is 1.05 bits per heavy atom. The zero-order chi connectivity index (χ0) is 30.4. The van der Waals surface area contributed by atoms with Crippen molar-refractivity contribution in [3.63, 3.8) is 0 Å². The Kier molecular flexibility index (Phi) is 9.74. The lowest BCUT2D eigenvalue weighted by Crippen LogP contribution is -2.33. The molecule has 0 radical (unpaired) electrons.